The number of carbonyl (C=O) groups excluding carboxylic acids is 2. The second kappa shape index (κ2) is 24.4. The number of aliphatic hydroxyl groups excluding tert-OH is 2. The molecule has 13 N–H and O–H groups in total. The summed E-state index contributed by atoms with van der Waals surface area (Å²) < 4.78 is 62.3. The largest absolute Gasteiger partial charge is 0.481 e. The number of hydrogen-bond acceptors (Lipinski definition) is 21. The number of hydrogen-bond donors (Lipinski definition) is 11. The standard InChI is InChI=1S/C30H55N10O17P3S/c1-19(39-52-12-5-9-33-8-4-7-31)15-61-13-11-34-21(41)6-10-35-28(44)25(43)30(2,3)16-54-60(50,51)57-59(48,49)53-14-20-24(56-58(45,46)47)23(42)29(55-20)40-18-38-22-26(32)36-17-37-27(22)40/h17-18,20,23-25,29,33,42-43H,4-16,31H2,1-3H3,(H,34,41)(H,35,44)(H,48,49)(H,50,51)(H2,32,36,37)(H2,45,46,47)/b39-19+/t20-,23-,24-,25-,29-/m1/s1. The smallest absolute Gasteiger partial charge is 0.396 e. The van der Waals surface area contributed by atoms with E-state index in [1.807, 2.05) is 6.92 Å². The third-order valence-electron chi connectivity index (χ3n) is 8.32. The highest BCUT2D eigenvalue weighted by atomic mass is 32.2. The minimum absolute atomic E-state index is 0.0336. The van der Waals surface area contributed by atoms with Gasteiger partial charge >= 0.3 is 23.5 Å². The Hall–Kier alpha value is -2.72. The Labute approximate surface area is 354 Å². The van der Waals surface area contributed by atoms with E-state index < -0.39 is 78.6 Å². The zero-order valence-corrected chi connectivity index (χ0v) is 37.0. The number of rotatable bonds is 29. The second-order valence-corrected chi connectivity index (χ2v) is 19.4. The van der Waals surface area contributed by atoms with Crippen LogP contribution in [0.1, 0.15) is 46.3 Å². The Kier molecular flexibility index (Phi) is 21.0. The normalized spacial score (nSPS) is 21.2. The fourth-order valence-corrected chi connectivity index (χ4v) is 8.79. The van der Waals surface area contributed by atoms with Crippen molar-refractivity contribution in [3.63, 3.8) is 0 Å². The van der Waals surface area contributed by atoms with E-state index >= 15 is 0 Å². The molecule has 61 heavy (non-hydrogen) atoms. The molecule has 3 rings (SSSR count). The minimum Gasteiger partial charge on any atom is -0.396 e. The molecule has 0 bridgehead atoms. The second-order valence-electron chi connectivity index (χ2n) is 14.0. The maximum absolute atomic E-state index is 12.7. The van der Waals surface area contributed by atoms with Gasteiger partial charge in [-0.05, 0) is 39.4 Å². The lowest BCUT2D eigenvalue weighted by Crippen LogP contribution is -2.46. The number of anilines is 1. The predicted molar refractivity (Wildman–Crippen MR) is 217 cm³/mol. The van der Waals surface area contributed by atoms with E-state index in [1.165, 1.54) is 25.6 Å². The lowest BCUT2D eigenvalue weighted by Gasteiger charge is -2.30. The summed E-state index contributed by atoms with van der Waals surface area (Å²) >= 11 is 1.54. The summed E-state index contributed by atoms with van der Waals surface area (Å²) in [7, 11) is -16.4. The number of nitrogens with one attached hydrogen (secondary N) is 3. The van der Waals surface area contributed by atoms with Crippen molar-refractivity contribution in [2.45, 2.75) is 70.7 Å². The number of aliphatic hydroxyl groups is 2. The van der Waals surface area contributed by atoms with Gasteiger partial charge in [-0.25, -0.2) is 28.6 Å². The molecule has 2 amide bonds. The summed E-state index contributed by atoms with van der Waals surface area (Å²) in [6, 6.07) is 0. The Morgan fingerprint density at radius 1 is 1.05 bits per heavy atom. The highest BCUT2D eigenvalue weighted by Gasteiger charge is 2.50. The highest BCUT2D eigenvalue weighted by Crippen LogP contribution is 2.61. The summed E-state index contributed by atoms with van der Waals surface area (Å²) in [5.41, 5.74) is 10.5. The first kappa shape index (κ1) is 52.6. The number of aromatic nitrogens is 4. The first-order valence-corrected chi connectivity index (χ1v) is 24.3. The van der Waals surface area contributed by atoms with Crippen LogP contribution in [0.5, 0.6) is 0 Å². The van der Waals surface area contributed by atoms with Crippen LogP contribution >= 0.6 is 35.2 Å². The summed E-state index contributed by atoms with van der Waals surface area (Å²) in [6.07, 6.45) is -5.10. The van der Waals surface area contributed by atoms with Crippen LogP contribution < -0.4 is 27.4 Å². The molecular formula is C30H55N10O17P3S. The number of oxime groups is 1. The van der Waals surface area contributed by atoms with Crippen molar-refractivity contribution in [1.82, 2.24) is 35.5 Å². The van der Waals surface area contributed by atoms with Gasteiger partial charge in [0, 0.05) is 36.4 Å². The number of fused-ring (bicyclic) bond motifs is 1. The number of ether oxygens (including phenoxy) is 1. The van der Waals surface area contributed by atoms with Gasteiger partial charge in [0.05, 0.1) is 25.3 Å². The van der Waals surface area contributed by atoms with Gasteiger partial charge in [0.1, 0.15) is 42.9 Å². The number of carbonyl (C=O) groups is 2. The fraction of sp³-hybridized carbons (Fsp3) is 0.733. The molecule has 27 nitrogen and oxygen atoms in total. The molecular weight excluding hydrogens is 897 g/mol. The molecule has 3 heterocycles. The molecule has 0 spiro atoms. The molecule has 348 valence electrons. The number of amides is 2. The number of imidazole rings is 1. The van der Waals surface area contributed by atoms with Gasteiger partial charge in [0.25, 0.3) is 0 Å². The van der Waals surface area contributed by atoms with Gasteiger partial charge in [-0.2, -0.15) is 16.1 Å². The van der Waals surface area contributed by atoms with Crippen LogP contribution in [-0.2, 0) is 50.7 Å². The van der Waals surface area contributed by atoms with Gasteiger partial charge in [0.15, 0.2) is 17.7 Å². The van der Waals surface area contributed by atoms with Crippen LogP contribution in [0, 0.1) is 5.41 Å². The monoisotopic (exact) mass is 952 g/mol. The van der Waals surface area contributed by atoms with Crippen LogP contribution in [0.2, 0.25) is 0 Å². The van der Waals surface area contributed by atoms with Crippen molar-refractivity contribution in [1.29, 1.82) is 0 Å². The van der Waals surface area contributed by atoms with E-state index in [0.29, 0.717) is 31.2 Å². The number of phosphoric ester groups is 3. The van der Waals surface area contributed by atoms with Crippen LogP contribution in [0.3, 0.4) is 0 Å². The summed E-state index contributed by atoms with van der Waals surface area (Å²) in [5, 5.41) is 33.9. The first-order chi connectivity index (χ1) is 28.6. The Bertz CT molecular complexity index is 1910. The highest BCUT2D eigenvalue weighted by molar-refractivity contribution is 7.99. The maximum Gasteiger partial charge on any atom is 0.481 e. The summed E-state index contributed by atoms with van der Waals surface area (Å²) in [6.45, 7) is 5.36. The minimum atomic E-state index is -5.57. The molecule has 2 aromatic heterocycles. The van der Waals surface area contributed by atoms with Crippen LogP contribution in [0.25, 0.3) is 11.2 Å². The van der Waals surface area contributed by atoms with Gasteiger partial charge in [-0.3, -0.25) is 27.7 Å². The lowest BCUT2D eigenvalue weighted by molar-refractivity contribution is -0.137. The first-order valence-electron chi connectivity index (χ1n) is 18.6. The number of nitrogens with two attached hydrogens (primary N) is 2. The fourth-order valence-electron chi connectivity index (χ4n) is 5.22. The van der Waals surface area contributed by atoms with E-state index in [0.717, 1.165) is 48.9 Å². The molecule has 0 aliphatic carbocycles. The van der Waals surface area contributed by atoms with Gasteiger partial charge in [-0.15, -0.1) is 0 Å². The molecule has 7 atom stereocenters. The number of nitrogens with zero attached hydrogens (tertiary/aromatic N) is 5. The van der Waals surface area contributed by atoms with Crippen molar-refractivity contribution < 1.29 is 80.5 Å². The van der Waals surface area contributed by atoms with E-state index in [-0.39, 0.29) is 35.9 Å². The molecule has 1 aliphatic heterocycles. The van der Waals surface area contributed by atoms with Crippen LogP contribution in [0.4, 0.5) is 5.82 Å². The predicted octanol–water partition coefficient (Wildman–Crippen LogP) is -1.14. The van der Waals surface area contributed by atoms with Crippen molar-refractivity contribution in [3.05, 3.63) is 12.7 Å². The summed E-state index contributed by atoms with van der Waals surface area (Å²) in [5.74, 6) is -0.169. The zero-order chi connectivity index (χ0) is 45.4. The molecule has 2 unspecified atom stereocenters. The molecule has 1 fully saturated rings. The maximum atomic E-state index is 12.7. The molecule has 0 aromatic carbocycles. The van der Waals surface area contributed by atoms with Gasteiger partial charge in [-0.1, -0.05) is 19.0 Å². The van der Waals surface area contributed by atoms with Crippen molar-refractivity contribution in [3.8, 4) is 0 Å². The topological polar surface area (TPSA) is 406 Å². The average molecular weight is 953 g/mol. The van der Waals surface area contributed by atoms with Gasteiger partial charge in [0.2, 0.25) is 11.8 Å². The Morgan fingerprint density at radius 2 is 1.75 bits per heavy atom. The van der Waals surface area contributed by atoms with Crippen molar-refractivity contribution in [2.75, 3.05) is 69.8 Å². The zero-order valence-electron chi connectivity index (χ0n) is 33.5. The van der Waals surface area contributed by atoms with Gasteiger partial charge < -0.3 is 66.8 Å². The molecule has 1 aliphatic rings. The third-order valence-corrected chi connectivity index (χ3v) is 12.5. The quantitative estimate of drug-likeness (QED) is 0.0199. The molecule has 1 saturated heterocycles. The SMILES string of the molecule is C/C(CSCCNC(=O)CCNC(=O)[C@@H](O)C(C)(C)COP(=O)(O)OP(=O)(O)OC[C@H]1O[C@@H](n2cnc3c(N)ncnc32)[C@H](O)[C@@H]1OP(=O)(O)O)=N\OCCCNCCCN. The Morgan fingerprint density at radius 3 is 2.46 bits per heavy atom. The number of thioether (sulfide) groups is 1. The van der Waals surface area contributed by atoms with E-state index in [4.69, 9.17) is 30.1 Å². The lowest BCUT2D eigenvalue weighted by atomic mass is 9.87. The van der Waals surface area contributed by atoms with E-state index in [2.05, 4.69) is 44.9 Å². The average Bonchev–Trinajstić information content (AvgIpc) is 3.73. The molecule has 0 saturated carbocycles. The van der Waals surface area contributed by atoms with Crippen LogP contribution in [-0.4, -0.2) is 155 Å². The van der Waals surface area contributed by atoms with Crippen molar-refractivity contribution >= 4 is 69.7 Å². The van der Waals surface area contributed by atoms with E-state index in [9.17, 15) is 53.1 Å². The third kappa shape index (κ3) is 18.1. The van der Waals surface area contributed by atoms with E-state index in [1.54, 1.807) is 0 Å². The van der Waals surface area contributed by atoms with Crippen molar-refractivity contribution in [2.24, 2.45) is 16.3 Å². The molecule has 0 radical (unpaired) electrons. The van der Waals surface area contributed by atoms with Crippen LogP contribution in [0.15, 0.2) is 17.8 Å². The summed E-state index contributed by atoms with van der Waals surface area (Å²) in [4.78, 5) is 81.2. The molecule has 2 aromatic rings. The number of phosphoric acid groups is 3. The Balaban J connectivity index is 1.39. The molecule has 31 heteroatoms. The number of nitrogen functional groups attached to an aromatic ring is 1.